The van der Waals surface area contributed by atoms with Crippen molar-refractivity contribution in [3.63, 3.8) is 0 Å². The molecule has 0 aromatic carbocycles. The van der Waals surface area contributed by atoms with E-state index < -0.39 is 0 Å². The lowest BCUT2D eigenvalue weighted by atomic mass is 10.0. The molecule has 0 bridgehead atoms. The smallest absolute Gasteiger partial charge is 0.185 e. The van der Waals surface area contributed by atoms with Crippen LogP contribution in [0.1, 0.15) is 58.3 Å². The number of rotatable bonds is 4. The first-order chi connectivity index (χ1) is 8.99. The molecule has 0 spiro atoms. The van der Waals surface area contributed by atoms with Crippen LogP contribution in [0.5, 0.6) is 0 Å². The van der Waals surface area contributed by atoms with Crippen LogP contribution in [0, 0.1) is 0 Å². The Hall–Kier alpha value is -0.610. The van der Waals surface area contributed by atoms with Gasteiger partial charge in [0.2, 0.25) is 0 Å². The average molecular weight is 281 g/mol. The lowest BCUT2D eigenvalue weighted by molar-refractivity contribution is 0.426. The second-order valence-electron chi connectivity index (χ2n) is 6.46. The predicted molar refractivity (Wildman–Crippen MR) is 84.0 cm³/mol. The maximum atomic E-state index is 4.64. The van der Waals surface area contributed by atoms with Gasteiger partial charge in [0.05, 0.1) is 0 Å². The number of anilines is 1. The first kappa shape index (κ1) is 14.8. The summed E-state index contributed by atoms with van der Waals surface area (Å²) < 4.78 is 0. The molecule has 1 aromatic heterocycles. The average Bonchev–Trinajstić information content (AvgIpc) is 2.84. The number of aromatic nitrogens is 1. The van der Waals surface area contributed by atoms with Gasteiger partial charge in [-0.2, -0.15) is 0 Å². The van der Waals surface area contributed by atoms with Gasteiger partial charge in [0, 0.05) is 35.7 Å². The monoisotopic (exact) mass is 281 g/mol. The van der Waals surface area contributed by atoms with Crippen LogP contribution in [0.2, 0.25) is 0 Å². The summed E-state index contributed by atoms with van der Waals surface area (Å²) >= 11 is 1.85. The molecule has 0 saturated carbocycles. The molecule has 1 atom stereocenters. The molecule has 2 heterocycles. The van der Waals surface area contributed by atoms with Crippen molar-refractivity contribution in [2.24, 2.45) is 0 Å². The van der Waals surface area contributed by atoms with Gasteiger partial charge >= 0.3 is 0 Å². The summed E-state index contributed by atoms with van der Waals surface area (Å²) in [5, 5.41) is 4.75. The predicted octanol–water partition coefficient (Wildman–Crippen LogP) is 3.80. The van der Waals surface area contributed by atoms with Gasteiger partial charge in [-0.05, 0) is 46.5 Å². The largest absolute Gasteiger partial charge is 0.345 e. The number of nitrogens with one attached hydrogen (secondary N) is 1. The maximum absolute atomic E-state index is 4.64. The molecule has 3 nitrogen and oxygen atoms in total. The fourth-order valence-corrected chi connectivity index (χ4v) is 3.49. The second kappa shape index (κ2) is 6.23. The Kier molecular flexibility index (Phi) is 4.85. The van der Waals surface area contributed by atoms with Crippen LogP contribution in [0.25, 0.3) is 0 Å². The first-order valence-corrected chi connectivity index (χ1v) is 8.27. The Balaban J connectivity index is 1.99. The minimum Gasteiger partial charge on any atom is -0.345 e. The number of nitrogens with zero attached hydrogens (tertiary/aromatic N) is 2. The van der Waals surface area contributed by atoms with Crippen molar-refractivity contribution in [1.82, 2.24) is 10.3 Å². The topological polar surface area (TPSA) is 28.2 Å². The highest BCUT2D eigenvalue weighted by Gasteiger charge is 2.23. The molecule has 1 unspecified atom stereocenters. The van der Waals surface area contributed by atoms with Crippen molar-refractivity contribution in [3.8, 4) is 0 Å². The van der Waals surface area contributed by atoms with E-state index >= 15 is 0 Å². The Morgan fingerprint density at radius 2 is 2.21 bits per heavy atom. The lowest BCUT2D eigenvalue weighted by Gasteiger charge is -2.35. The molecule has 4 heteroatoms. The maximum Gasteiger partial charge on any atom is 0.185 e. The highest BCUT2D eigenvalue weighted by molar-refractivity contribution is 7.15. The van der Waals surface area contributed by atoms with E-state index in [1.807, 2.05) is 17.5 Å². The van der Waals surface area contributed by atoms with Crippen LogP contribution in [0.15, 0.2) is 6.20 Å². The summed E-state index contributed by atoms with van der Waals surface area (Å²) in [4.78, 5) is 8.50. The molecule has 1 aromatic rings. The number of piperidine rings is 1. The van der Waals surface area contributed by atoms with Gasteiger partial charge in [-0.1, -0.05) is 6.92 Å². The van der Waals surface area contributed by atoms with Crippen molar-refractivity contribution in [2.75, 3.05) is 11.4 Å². The zero-order valence-electron chi connectivity index (χ0n) is 12.7. The fourth-order valence-electron chi connectivity index (χ4n) is 2.54. The molecule has 1 N–H and O–H groups in total. The van der Waals surface area contributed by atoms with E-state index in [1.54, 1.807) is 0 Å². The Bertz CT molecular complexity index is 394. The van der Waals surface area contributed by atoms with Crippen LogP contribution in [-0.4, -0.2) is 23.1 Å². The lowest BCUT2D eigenvalue weighted by Crippen LogP contribution is -2.39. The van der Waals surface area contributed by atoms with Gasteiger partial charge in [-0.25, -0.2) is 4.98 Å². The Labute approximate surface area is 121 Å². The fraction of sp³-hybridized carbons (Fsp3) is 0.800. The van der Waals surface area contributed by atoms with E-state index in [0.29, 0.717) is 6.04 Å². The number of hydrogen-bond donors (Lipinski definition) is 1. The van der Waals surface area contributed by atoms with Crippen LogP contribution in [-0.2, 0) is 6.54 Å². The summed E-state index contributed by atoms with van der Waals surface area (Å²) in [6.45, 7) is 11.0. The molecular formula is C15H27N3S. The summed E-state index contributed by atoms with van der Waals surface area (Å²) in [5.41, 5.74) is 0.168. The molecule has 19 heavy (non-hydrogen) atoms. The molecule has 0 amide bonds. The summed E-state index contributed by atoms with van der Waals surface area (Å²) in [6.07, 6.45) is 7.28. The van der Waals surface area contributed by atoms with Crippen molar-refractivity contribution >= 4 is 16.5 Å². The van der Waals surface area contributed by atoms with Gasteiger partial charge in [0.1, 0.15) is 0 Å². The second-order valence-corrected chi connectivity index (χ2v) is 7.56. The van der Waals surface area contributed by atoms with Gasteiger partial charge < -0.3 is 10.2 Å². The SMILES string of the molecule is CCC1CCCCN1c1ncc(CNC(C)(C)C)s1. The molecule has 0 aliphatic carbocycles. The number of thiazole rings is 1. The van der Waals surface area contributed by atoms with E-state index in [-0.39, 0.29) is 5.54 Å². The van der Waals surface area contributed by atoms with Crippen LogP contribution in [0.3, 0.4) is 0 Å². The van der Waals surface area contributed by atoms with Crippen molar-refractivity contribution in [3.05, 3.63) is 11.1 Å². The highest BCUT2D eigenvalue weighted by Crippen LogP contribution is 2.30. The number of hydrogen-bond acceptors (Lipinski definition) is 4. The third kappa shape index (κ3) is 4.18. The zero-order chi connectivity index (χ0) is 13.9. The van der Waals surface area contributed by atoms with E-state index in [4.69, 9.17) is 0 Å². The molecular weight excluding hydrogens is 254 g/mol. The van der Waals surface area contributed by atoms with Gasteiger partial charge in [0.15, 0.2) is 5.13 Å². The molecule has 0 radical (unpaired) electrons. The molecule has 1 aliphatic heterocycles. The van der Waals surface area contributed by atoms with Crippen LogP contribution in [0.4, 0.5) is 5.13 Å². The summed E-state index contributed by atoms with van der Waals surface area (Å²) in [5.74, 6) is 0. The Morgan fingerprint density at radius 3 is 2.89 bits per heavy atom. The summed E-state index contributed by atoms with van der Waals surface area (Å²) in [6, 6.07) is 0.698. The van der Waals surface area contributed by atoms with E-state index in [1.165, 1.54) is 42.2 Å². The third-order valence-corrected chi connectivity index (χ3v) is 4.71. The first-order valence-electron chi connectivity index (χ1n) is 7.46. The standard InChI is InChI=1S/C15H27N3S/c1-5-12-8-6-7-9-18(12)14-16-10-13(19-14)11-17-15(2,3)4/h10,12,17H,5-9,11H2,1-4H3. The third-order valence-electron chi connectivity index (χ3n) is 3.68. The van der Waals surface area contributed by atoms with Gasteiger partial charge in [-0.3, -0.25) is 0 Å². The highest BCUT2D eigenvalue weighted by atomic mass is 32.1. The van der Waals surface area contributed by atoms with Crippen molar-refractivity contribution in [1.29, 1.82) is 0 Å². The molecule has 2 rings (SSSR count). The van der Waals surface area contributed by atoms with Crippen LogP contribution < -0.4 is 10.2 Å². The molecule has 1 fully saturated rings. The Morgan fingerprint density at radius 1 is 1.42 bits per heavy atom. The van der Waals surface area contributed by atoms with Gasteiger partial charge in [0.25, 0.3) is 0 Å². The minimum absolute atomic E-state index is 0.168. The molecule has 1 aliphatic rings. The summed E-state index contributed by atoms with van der Waals surface area (Å²) in [7, 11) is 0. The van der Waals surface area contributed by atoms with Crippen molar-refractivity contribution in [2.45, 2.75) is 71.5 Å². The normalized spacial score (nSPS) is 20.8. The van der Waals surface area contributed by atoms with Gasteiger partial charge in [-0.15, -0.1) is 11.3 Å². The van der Waals surface area contributed by atoms with E-state index in [9.17, 15) is 0 Å². The zero-order valence-corrected chi connectivity index (χ0v) is 13.5. The van der Waals surface area contributed by atoms with E-state index in [2.05, 4.69) is 42.9 Å². The quantitative estimate of drug-likeness (QED) is 0.910. The van der Waals surface area contributed by atoms with Crippen LogP contribution >= 0.6 is 11.3 Å². The minimum atomic E-state index is 0.168. The molecule has 1 saturated heterocycles. The molecule has 108 valence electrons. The van der Waals surface area contributed by atoms with Crippen molar-refractivity contribution < 1.29 is 0 Å². The van der Waals surface area contributed by atoms with E-state index in [0.717, 1.165) is 6.54 Å².